The summed E-state index contributed by atoms with van der Waals surface area (Å²) in [6.07, 6.45) is 5.47. The predicted molar refractivity (Wildman–Crippen MR) is 108 cm³/mol. The summed E-state index contributed by atoms with van der Waals surface area (Å²) < 4.78 is 30.9. The molecule has 2 heterocycles. The zero-order chi connectivity index (χ0) is 19.3. The fourth-order valence-corrected chi connectivity index (χ4v) is 5.24. The van der Waals surface area contributed by atoms with Gasteiger partial charge < -0.3 is 9.64 Å². The number of thioether (sulfide) groups is 1. The van der Waals surface area contributed by atoms with E-state index in [0.29, 0.717) is 13.1 Å². The van der Waals surface area contributed by atoms with E-state index < -0.39 is 10.0 Å². The van der Waals surface area contributed by atoms with Crippen LogP contribution in [0.2, 0.25) is 0 Å². The van der Waals surface area contributed by atoms with Gasteiger partial charge in [0, 0.05) is 36.9 Å². The number of sulfonamides is 1. The minimum atomic E-state index is -3.20. The maximum absolute atomic E-state index is 13.1. The Morgan fingerprint density at radius 2 is 2.11 bits per heavy atom. The SMILES string of the molecule is CS(=O)(=O)NC[C@@H]1CCCN(C(=O)c2ccccc2SC[C@@H]2CCCO2)C1. The summed E-state index contributed by atoms with van der Waals surface area (Å²) in [6, 6.07) is 7.75. The van der Waals surface area contributed by atoms with Crippen LogP contribution in [0.1, 0.15) is 36.0 Å². The number of ether oxygens (including phenoxy) is 1. The highest BCUT2D eigenvalue weighted by molar-refractivity contribution is 7.99. The van der Waals surface area contributed by atoms with E-state index >= 15 is 0 Å². The van der Waals surface area contributed by atoms with Gasteiger partial charge in [0.15, 0.2) is 0 Å². The van der Waals surface area contributed by atoms with Crippen LogP contribution in [0.4, 0.5) is 0 Å². The number of hydrogen-bond acceptors (Lipinski definition) is 5. The lowest BCUT2D eigenvalue weighted by Gasteiger charge is -2.33. The molecule has 1 N–H and O–H groups in total. The van der Waals surface area contributed by atoms with E-state index in [1.54, 1.807) is 11.8 Å². The summed E-state index contributed by atoms with van der Waals surface area (Å²) in [5.41, 5.74) is 0.734. The Morgan fingerprint density at radius 1 is 1.30 bits per heavy atom. The number of benzene rings is 1. The van der Waals surface area contributed by atoms with Crippen molar-refractivity contribution in [2.24, 2.45) is 5.92 Å². The monoisotopic (exact) mass is 412 g/mol. The Bertz CT molecular complexity index is 748. The number of rotatable bonds is 7. The molecule has 150 valence electrons. The number of carbonyl (C=O) groups excluding carboxylic acids is 1. The third kappa shape index (κ3) is 6.20. The molecular formula is C19H28N2O4S2. The van der Waals surface area contributed by atoms with Crippen molar-refractivity contribution in [3.63, 3.8) is 0 Å². The van der Waals surface area contributed by atoms with Crippen molar-refractivity contribution in [1.29, 1.82) is 0 Å². The summed E-state index contributed by atoms with van der Waals surface area (Å²) in [5, 5.41) is 0. The molecule has 0 aliphatic carbocycles. The van der Waals surface area contributed by atoms with E-state index in [4.69, 9.17) is 4.74 Å². The molecule has 3 rings (SSSR count). The van der Waals surface area contributed by atoms with Gasteiger partial charge in [0.2, 0.25) is 10.0 Å². The van der Waals surface area contributed by atoms with Crippen molar-refractivity contribution in [2.75, 3.05) is 38.2 Å². The number of carbonyl (C=O) groups is 1. The Kier molecular flexibility index (Phi) is 7.19. The van der Waals surface area contributed by atoms with Gasteiger partial charge in [-0.3, -0.25) is 4.79 Å². The van der Waals surface area contributed by atoms with Crippen LogP contribution in [-0.2, 0) is 14.8 Å². The Labute approximate surface area is 166 Å². The average molecular weight is 413 g/mol. The van der Waals surface area contributed by atoms with Crippen molar-refractivity contribution in [1.82, 2.24) is 9.62 Å². The zero-order valence-corrected chi connectivity index (χ0v) is 17.4. The van der Waals surface area contributed by atoms with Crippen LogP contribution < -0.4 is 4.72 Å². The number of piperidine rings is 1. The van der Waals surface area contributed by atoms with Crippen molar-refractivity contribution in [3.8, 4) is 0 Å². The minimum absolute atomic E-state index is 0.0366. The van der Waals surface area contributed by atoms with Gasteiger partial charge in [0.05, 0.1) is 17.9 Å². The number of nitrogens with zero attached hydrogens (tertiary/aromatic N) is 1. The first kappa shape index (κ1) is 20.6. The molecule has 2 saturated heterocycles. The van der Waals surface area contributed by atoms with Gasteiger partial charge in [-0.1, -0.05) is 12.1 Å². The third-order valence-electron chi connectivity index (χ3n) is 5.01. The molecule has 27 heavy (non-hydrogen) atoms. The molecule has 1 aromatic rings. The molecule has 1 aromatic carbocycles. The molecular weight excluding hydrogens is 384 g/mol. The van der Waals surface area contributed by atoms with Crippen molar-refractivity contribution in [2.45, 2.75) is 36.7 Å². The largest absolute Gasteiger partial charge is 0.377 e. The van der Waals surface area contributed by atoms with Crippen LogP contribution >= 0.6 is 11.8 Å². The zero-order valence-electron chi connectivity index (χ0n) is 15.7. The Morgan fingerprint density at radius 3 is 2.85 bits per heavy atom. The summed E-state index contributed by atoms with van der Waals surface area (Å²) >= 11 is 1.69. The highest BCUT2D eigenvalue weighted by Gasteiger charge is 2.26. The fourth-order valence-electron chi connectivity index (χ4n) is 3.58. The summed E-state index contributed by atoms with van der Waals surface area (Å²) in [6.45, 7) is 2.53. The van der Waals surface area contributed by atoms with E-state index in [9.17, 15) is 13.2 Å². The fraction of sp³-hybridized carbons (Fsp3) is 0.632. The average Bonchev–Trinajstić information content (AvgIpc) is 3.18. The number of likely N-dealkylation sites (tertiary alicyclic amines) is 1. The maximum atomic E-state index is 13.1. The van der Waals surface area contributed by atoms with Gasteiger partial charge in [-0.25, -0.2) is 13.1 Å². The smallest absolute Gasteiger partial charge is 0.254 e. The van der Waals surface area contributed by atoms with E-state index in [0.717, 1.165) is 55.0 Å². The molecule has 0 bridgehead atoms. The van der Waals surface area contributed by atoms with Crippen LogP contribution in [0.3, 0.4) is 0 Å². The van der Waals surface area contributed by atoms with E-state index in [2.05, 4.69) is 4.72 Å². The van der Waals surface area contributed by atoms with E-state index in [-0.39, 0.29) is 17.9 Å². The third-order valence-corrected chi connectivity index (χ3v) is 6.90. The second-order valence-corrected chi connectivity index (χ2v) is 10.2. The lowest BCUT2D eigenvalue weighted by atomic mass is 9.97. The van der Waals surface area contributed by atoms with Crippen LogP contribution in [0.25, 0.3) is 0 Å². The molecule has 0 saturated carbocycles. The predicted octanol–water partition coefficient (Wildman–Crippen LogP) is 2.36. The molecule has 0 aromatic heterocycles. The molecule has 0 unspecified atom stereocenters. The topological polar surface area (TPSA) is 75.7 Å². The maximum Gasteiger partial charge on any atom is 0.254 e. The van der Waals surface area contributed by atoms with Gasteiger partial charge in [-0.2, -0.15) is 0 Å². The number of hydrogen-bond donors (Lipinski definition) is 1. The molecule has 2 aliphatic heterocycles. The van der Waals surface area contributed by atoms with Crippen molar-refractivity contribution in [3.05, 3.63) is 29.8 Å². The highest BCUT2D eigenvalue weighted by Crippen LogP contribution is 2.28. The normalized spacial score (nSPS) is 23.5. The Hall–Kier alpha value is -1.09. The second-order valence-electron chi connectivity index (χ2n) is 7.32. The number of amides is 1. The quantitative estimate of drug-likeness (QED) is 0.696. The highest BCUT2D eigenvalue weighted by atomic mass is 32.2. The molecule has 0 spiro atoms. The minimum Gasteiger partial charge on any atom is -0.377 e. The van der Waals surface area contributed by atoms with Gasteiger partial charge in [-0.15, -0.1) is 11.8 Å². The van der Waals surface area contributed by atoms with Crippen LogP contribution in [-0.4, -0.2) is 63.6 Å². The van der Waals surface area contributed by atoms with Gasteiger partial charge in [0.1, 0.15) is 0 Å². The van der Waals surface area contributed by atoms with Crippen LogP contribution in [0.5, 0.6) is 0 Å². The second kappa shape index (κ2) is 9.41. The molecule has 8 heteroatoms. The van der Waals surface area contributed by atoms with Crippen LogP contribution in [0, 0.1) is 5.92 Å². The van der Waals surface area contributed by atoms with Gasteiger partial charge in [0.25, 0.3) is 5.91 Å². The van der Waals surface area contributed by atoms with Crippen molar-refractivity contribution < 1.29 is 17.9 Å². The van der Waals surface area contributed by atoms with Gasteiger partial charge in [-0.05, 0) is 43.7 Å². The lowest BCUT2D eigenvalue weighted by molar-refractivity contribution is 0.0673. The first-order valence-electron chi connectivity index (χ1n) is 9.50. The first-order chi connectivity index (χ1) is 12.9. The van der Waals surface area contributed by atoms with E-state index in [1.165, 1.54) is 6.26 Å². The summed E-state index contributed by atoms with van der Waals surface area (Å²) in [4.78, 5) is 16.0. The number of nitrogens with one attached hydrogen (secondary N) is 1. The summed E-state index contributed by atoms with van der Waals surface area (Å²) in [5.74, 6) is 1.06. The molecule has 6 nitrogen and oxygen atoms in total. The lowest BCUT2D eigenvalue weighted by Crippen LogP contribution is -2.43. The Balaban J connectivity index is 1.62. The molecule has 2 aliphatic rings. The van der Waals surface area contributed by atoms with Gasteiger partial charge >= 0.3 is 0 Å². The first-order valence-corrected chi connectivity index (χ1v) is 12.4. The summed E-state index contributed by atoms with van der Waals surface area (Å²) in [7, 11) is -3.20. The van der Waals surface area contributed by atoms with Crippen LogP contribution in [0.15, 0.2) is 29.2 Å². The van der Waals surface area contributed by atoms with Crippen molar-refractivity contribution >= 4 is 27.7 Å². The molecule has 1 amide bonds. The standard InChI is InChI=1S/C19H28N2O4S2/c1-27(23,24)20-12-15-6-4-10-21(13-15)19(22)17-8-2-3-9-18(17)26-14-16-7-5-11-25-16/h2-3,8-9,15-16,20H,4-7,10-14H2,1H3/t15-,16-/m0/s1. The van der Waals surface area contributed by atoms with E-state index in [1.807, 2.05) is 29.2 Å². The molecule has 0 radical (unpaired) electrons. The molecule has 2 atom stereocenters. The molecule has 2 fully saturated rings.